The van der Waals surface area contributed by atoms with E-state index in [4.69, 9.17) is 11.2 Å². The van der Waals surface area contributed by atoms with Crippen molar-refractivity contribution >= 4 is 6.09 Å². The van der Waals surface area contributed by atoms with Gasteiger partial charge in [0.1, 0.15) is 5.60 Å². The summed E-state index contributed by atoms with van der Waals surface area (Å²) in [6, 6.07) is 0. The van der Waals surface area contributed by atoms with E-state index in [1.807, 2.05) is 27.7 Å². The van der Waals surface area contributed by atoms with Crippen molar-refractivity contribution in [3.05, 3.63) is 0 Å². The van der Waals surface area contributed by atoms with E-state index in [2.05, 4.69) is 11.2 Å². The van der Waals surface area contributed by atoms with Crippen LogP contribution < -0.4 is 5.32 Å². The van der Waals surface area contributed by atoms with Crippen molar-refractivity contribution in [1.82, 2.24) is 10.2 Å². The van der Waals surface area contributed by atoms with E-state index in [1.54, 1.807) is 4.90 Å². The SMILES string of the molecule is C#CCNCCN(CCC)C(=O)OC(C)(C)C. The number of hydrogen-bond donors (Lipinski definition) is 1. The number of rotatable bonds is 6. The first kappa shape index (κ1) is 15.8. The van der Waals surface area contributed by atoms with Crippen LogP contribution in [0.15, 0.2) is 0 Å². The number of hydrogen-bond acceptors (Lipinski definition) is 3. The summed E-state index contributed by atoms with van der Waals surface area (Å²) in [5.74, 6) is 2.50. The van der Waals surface area contributed by atoms with Gasteiger partial charge in [0.05, 0.1) is 6.54 Å². The Balaban J connectivity index is 4.13. The first-order valence-electron chi connectivity index (χ1n) is 6.02. The van der Waals surface area contributed by atoms with Gasteiger partial charge in [-0.1, -0.05) is 12.8 Å². The molecule has 0 saturated carbocycles. The molecule has 4 nitrogen and oxygen atoms in total. The molecule has 0 aliphatic heterocycles. The van der Waals surface area contributed by atoms with Crippen molar-refractivity contribution in [2.75, 3.05) is 26.2 Å². The fourth-order valence-electron chi connectivity index (χ4n) is 1.27. The van der Waals surface area contributed by atoms with Crippen LogP contribution in [-0.2, 0) is 4.74 Å². The minimum atomic E-state index is -0.449. The normalized spacial score (nSPS) is 10.8. The molecule has 17 heavy (non-hydrogen) atoms. The third-order valence-corrected chi connectivity index (χ3v) is 1.93. The van der Waals surface area contributed by atoms with Crippen LogP contribution in [0.4, 0.5) is 4.79 Å². The first-order chi connectivity index (χ1) is 7.90. The van der Waals surface area contributed by atoms with Crippen LogP contribution in [0.5, 0.6) is 0 Å². The summed E-state index contributed by atoms with van der Waals surface area (Å²) in [6.07, 6.45) is 5.78. The van der Waals surface area contributed by atoms with Crippen molar-refractivity contribution in [2.24, 2.45) is 0 Å². The molecule has 0 aromatic rings. The predicted octanol–water partition coefficient (Wildman–Crippen LogP) is 1.86. The zero-order chi connectivity index (χ0) is 13.3. The molecule has 0 radical (unpaired) electrons. The lowest BCUT2D eigenvalue weighted by atomic mass is 10.2. The molecule has 0 saturated heterocycles. The molecule has 98 valence electrons. The molecule has 0 fully saturated rings. The number of ether oxygens (including phenoxy) is 1. The summed E-state index contributed by atoms with van der Waals surface area (Å²) in [4.78, 5) is 13.6. The summed E-state index contributed by atoms with van der Waals surface area (Å²) < 4.78 is 5.33. The van der Waals surface area contributed by atoms with E-state index < -0.39 is 5.60 Å². The Morgan fingerprint density at radius 2 is 2.06 bits per heavy atom. The van der Waals surface area contributed by atoms with Gasteiger partial charge in [-0.3, -0.25) is 0 Å². The number of nitrogens with zero attached hydrogens (tertiary/aromatic N) is 1. The Labute approximate surface area is 105 Å². The Kier molecular flexibility index (Phi) is 7.40. The minimum Gasteiger partial charge on any atom is -0.444 e. The molecule has 0 heterocycles. The van der Waals surface area contributed by atoms with Gasteiger partial charge in [0.2, 0.25) is 0 Å². The van der Waals surface area contributed by atoms with Crippen LogP contribution in [0, 0.1) is 12.3 Å². The highest BCUT2D eigenvalue weighted by molar-refractivity contribution is 5.68. The van der Waals surface area contributed by atoms with Gasteiger partial charge in [0, 0.05) is 19.6 Å². The lowest BCUT2D eigenvalue weighted by molar-refractivity contribution is 0.0252. The number of carbonyl (C=O) groups excluding carboxylic acids is 1. The Hall–Kier alpha value is -1.21. The first-order valence-corrected chi connectivity index (χ1v) is 6.02. The van der Waals surface area contributed by atoms with Crippen molar-refractivity contribution in [1.29, 1.82) is 0 Å². The van der Waals surface area contributed by atoms with Crippen LogP contribution in [0.3, 0.4) is 0 Å². The van der Waals surface area contributed by atoms with Gasteiger partial charge in [0.25, 0.3) is 0 Å². The number of carbonyl (C=O) groups is 1. The number of amides is 1. The molecular weight excluding hydrogens is 216 g/mol. The third kappa shape index (κ3) is 8.58. The lowest BCUT2D eigenvalue weighted by Crippen LogP contribution is -2.40. The highest BCUT2D eigenvalue weighted by Crippen LogP contribution is 2.09. The second-order valence-electron chi connectivity index (χ2n) is 4.85. The van der Waals surface area contributed by atoms with Crippen LogP contribution in [0.1, 0.15) is 34.1 Å². The van der Waals surface area contributed by atoms with Gasteiger partial charge >= 0.3 is 6.09 Å². The fraction of sp³-hybridized carbons (Fsp3) is 0.769. The molecule has 0 aliphatic rings. The van der Waals surface area contributed by atoms with E-state index in [1.165, 1.54) is 0 Å². The van der Waals surface area contributed by atoms with Crippen molar-refractivity contribution in [3.63, 3.8) is 0 Å². The molecule has 0 aromatic carbocycles. The topological polar surface area (TPSA) is 41.6 Å². The van der Waals surface area contributed by atoms with E-state index in [0.29, 0.717) is 26.2 Å². The number of terminal acetylenes is 1. The average Bonchev–Trinajstić information content (AvgIpc) is 2.20. The highest BCUT2D eigenvalue weighted by Gasteiger charge is 2.20. The summed E-state index contributed by atoms with van der Waals surface area (Å²) in [6.45, 7) is 10.2. The zero-order valence-electron chi connectivity index (χ0n) is 11.4. The summed E-state index contributed by atoms with van der Waals surface area (Å²) in [5.41, 5.74) is -0.449. The van der Waals surface area contributed by atoms with Crippen LogP contribution in [0.2, 0.25) is 0 Å². The summed E-state index contributed by atoms with van der Waals surface area (Å²) in [5, 5.41) is 3.06. The predicted molar refractivity (Wildman–Crippen MR) is 69.8 cm³/mol. The molecular formula is C13H24N2O2. The molecule has 0 unspecified atom stereocenters. The molecule has 0 atom stereocenters. The van der Waals surface area contributed by atoms with Crippen LogP contribution >= 0.6 is 0 Å². The van der Waals surface area contributed by atoms with Crippen molar-refractivity contribution in [3.8, 4) is 12.3 Å². The van der Waals surface area contributed by atoms with Gasteiger partial charge < -0.3 is 15.0 Å². The van der Waals surface area contributed by atoms with Gasteiger partial charge in [-0.2, -0.15) is 0 Å². The highest BCUT2D eigenvalue weighted by atomic mass is 16.6. The maximum Gasteiger partial charge on any atom is 0.410 e. The second kappa shape index (κ2) is 7.97. The Morgan fingerprint density at radius 3 is 2.53 bits per heavy atom. The summed E-state index contributed by atoms with van der Waals surface area (Å²) >= 11 is 0. The quantitative estimate of drug-likeness (QED) is 0.569. The standard InChI is InChI=1S/C13H24N2O2/c1-6-8-14-9-11-15(10-7-2)12(16)17-13(3,4)5/h1,14H,7-11H2,2-5H3. The van der Waals surface area contributed by atoms with Crippen molar-refractivity contribution in [2.45, 2.75) is 39.7 Å². The van der Waals surface area contributed by atoms with E-state index in [0.717, 1.165) is 6.42 Å². The summed E-state index contributed by atoms with van der Waals surface area (Å²) in [7, 11) is 0. The fourth-order valence-corrected chi connectivity index (χ4v) is 1.27. The third-order valence-electron chi connectivity index (χ3n) is 1.93. The van der Waals surface area contributed by atoms with Gasteiger partial charge in [-0.15, -0.1) is 6.42 Å². The van der Waals surface area contributed by atoms with E-state index >= 15 is 0 Å². The Bertz CT molecular complexity index is 264. The van der Waals surface area contributed by atoms with Crippen LogP contribution in [-0.4, -0.2) is 42.8 Å². The molecule has 0 aromatic heterocycles. The molecule has 0 bridgehead atoms. The monoisotopic (exact) mass is 240 g/mol. The maximum atomic E-state index is 11.8. The largest absolute Gasteiger partial charge is 0.444 e. The van der Waals surface area contributed by atoms with Gasteiger partial charge in [0.15, 0.2) is 0 Å². The number of nitrogens with one attached hydrogen (secondary N) is 1. The Morgan fingerprint density at radius 1 is 1.41 bits per heavy atom. The van der Waals surface area contributed by atoms with E-state index in [9.17, 15) is 4.79 Å². The van der Waals surface area contributed by atoms with Gasteiger partial charge in [-0.25, -0.2) is 4.79 Å². The maximum absolute atomic E-state index is 11.8. The van der Waals surface area contributed by atoms with Crippen molar-refractivity contribution < 1.29 is 9.53 Å². The van der Waals surface area contributed by atoms with Gasteiger partial charge in [-0.05, 0) is 27.2 Å². The van der Waals surface area contributed by atoms with Crippen LogP contribution in [0.25, 0.3) is 0 Å². The molecule has 0 aliphatic carbocycles. The van der Waals surface area contributed by atoms with E-state index in [-0.39, 0.29) is 6.09 Å². The smallest absolute Gasteiger partial charge is 0.410 e. The molecule has 1 amide bonds. The molecule has 0 spiro atoms. The minimum absolute atomic E-state index is 0.262. The molecule has 4 heteroatoms. The lowest BCUT2D eigenvalue weighted by Gasteiger charge is -2.27. The average molecular weight is 240 g/mol. The zero-order valence-corrected chi connectivity index (χ0v) is 11.4. The molecule has 0 rings (SSSR count). The second-order valence-corrected chi connectivity index (χ2v) is 4.85. The molecule has 1 N–H and O–H groups in total.